The van der Waals surface area contributed by atoms with Crippen LogP contribution in [0.25, 0.3) is 11.3 Å². The molecule has 0 bridgehead atoms. The Hall–Kier alpha value is -1.88. The second-order valence-corrected chi connectivity index (χ2v) is 3.94. The molecule has 0 radical (unpaired) electrons. The molecule has 6 heteroatoms. The molecule has 0 aliphatic carbocycles. The number of aromatic nitrogens is 1. The average Bonchev–Trinajstić information content (AvgIpc) is 2.77. The van der Waals surface area contributed by atoms with Crippen LogP contribution in [-0.2, 0) is 0 Å². The molecule has 0 fully saturated rings. The van der Waals surface area contributed by atoms with Gasteiger partial charge in [0.25, 0.3) is 0 Å². The molecule has 2 N–H and O–H groups in total. The third-order valence-electron chi connectivity index (χ3n) is 2.45. The van der Waals surface area contributed by atoms with Crippen molar-refractivity contribution >= 4 is 17.5 Å². The Kier molecular flexibility index (Phi) is 2.33. The summed E-state index contributed by atoms with van der Waals surface area (Å²) in [6.45, 7) is 1.01. The van der Waals surface area contributed by atoms with Gasteiger partial charge in [-0.1, -0.05) is 16.8 Å². The first kappa shape index (κ1) is 10.3. The molecule has 0 amide bonds. The molecule has 1 aromatic carbocycles. The predicted octanol–water partition coefficient (Wildman–Crippen LogP) is 2.35. The maximum absolute atomic E-state index is 6.24. The number of hydrogen-bond acceptors (Lipinski definition) is 5. The molecule has 1 aromatic heterocycles. The van der Waals surface area contributed by atoms with Crippen LogP contribution in [0.3, 0.4) is 0 Å². The van der Waals surface area contributed by atoms with Crippen LogP contribution in [0, 0.1) is 0 Å². The van der Waals surface area contributed by atoms with Gasteiger partial charge in [0.15, 0.2) is 11.5 Å². The van der Waals surface area contributed by atoms with Crippen LogP contribution < -0.4 is 15.2 Å². The van der Waals surface area contributed by atoms with Crippen molar-refractivity contribution in [3.05, 3.63) is 23.2 Å². The molecule has 0 unspecified atom stereocenters. The van der Waals surface area contributed by atoms with E-state index in [4.69, 9.17) is 31.3 Å². The highest BCUT2D eigenvalue weighted by molar-refractivity contribution is 6.35. The van der Waals surface area contributed by atoms with Crippen LogP contribution >= 0.6 is 11.6 Å². The summed E-state index contributed by atoms with van der Waals surface area (Å²) in [6, 6.07) is 5.20. The summed E-state index contributed by atoms with van der Waals surface area (Å²) in [4.78, 5) is 0. The summed E-state index contributed by atoms with van der Waals surface area (Å²) in [5.74, 6) is 1.42. The first-order valence-corrected chi connectivity index (χ1v) is 5.44. The van der Waals surface area contributed by atoms with Crippen molar-refractivity contribution in [3.63, 3.8) is 0 Å². The fourth-order valence-electron chi connectivity index (χ4n) is 1.70. The summed E-state index contributed by atoms with van der Waals surface area (Å²) in [5.41, 5.74) is 6.75. The molecule has 1 aliphatic rings. The second kappa shape index (κ2) is 3.85. The van der Waals surface area contributed by atoms with Gasteiger partial charge in [-0.05, 0) is 12.1 Å². The molecule has 1 aliphatic heterocycles. The normalized spacial score (nSPS) is 13.7. The van der Waals surface area contributed by atoms with E-state index >= 15 is 0 Å². The van der Waals surface area contributed by atoms with Gasteiger partial charge in [0, 0.05) is 11.6 Å². The first-order chi connectivity index (χ1) is 8.25. The number of rotatable bonds is 1. The van der Waals surface area contributed by atoms with E-state index in [9.17, 15) is 0 Å². The van der Waals surface area contributed by atoms with Gasteiger partial charge in [-0.2, -0.15) is 0 Å². The van der Waals surface area contributed by atoms with Crippen molar-refractivity contribution in [2.24, 2.45) is 0 Å². The SMILES string of the molecule is Nc1cc(-c2ccc3c(c2Cl)OCCO3)no1. The van der Waals surface area contributed by atoms with Crippen molar-refractivity contribution in [1.82, 2.24) is 5.16 Å². The van der Waals surface area contributed by atoms with Gasteiger partial charge < -0.3 is 19.7 Å². The van der Waals surface area contributed by atoms with Crippen molar-refractivity contribution in [3.8, 4) is 22.8 Å². The molecule has 0 spiro atoms. The van der Waals surface area contributed by atoms with Crippen LogP contribution in [0.4, 0.5) is 5.88 Å². The Balaban J connectivity index is 2.12. The highest BCUT2D eigenvalue weighted by Crippen LogP contribution is 2.43. The number of ether oxygens (including phenoxy) is 2. The number of anilines is 1. The van der Waals surface area contributed by atoms with Gasteiger partial charge in [-0.3, -0.25) is 0 Å². The minimum Gasteiger partial charge on any atom is -0.486 e. The quantitative estimate of drug-likeness (QED) is 0.844. The summed E-state index contributed by atoms with van der Waals surface area (Å²) >= 11 is 6.24. The van der Waals surface area contributed by atoms with Crippen LogP contribution in [0.5, 0.6) is 11.5 Å². The molecule has 2 heterocycles. The van der Waals surface area contributed by atoms with Gasteiger partial charge >= 0.3 is 0 Å². The number of nitrogens with zero attached hydrogens (tertiary/aromatic N) is 1. The lowest BCUT2D eigenvalue weighted by atomic mass is 10.1. The maximum atomic E-state index is 6.24. The Bertz CT molecular complexity index is 568. The van der Waals surface area contributed by atoms with E-state index in [2.05, 4.69) is 5.16 Å². The number of halogens is 1. The van der Waals surface area contributed by atoms with Crippen molar-refractivity contribution < 1.29 is 14.0 Å². The van der Waals surface area contributed by atoms with Crippen molar-refractivity contribution in [2.75, 3.05) is 18.9 Å². The predicted molar refractivity (Wildman–Crippen MR) is 62.4 cm³/mol. The Morgan fingerprint density at radius 1 is 1.24 bits per heavy atom. The van der Waals surface area contributed by atoms with Crippen LogP contribution in [0.2, 0.25) is 5.02 Å². The number of hydrogen-bond donors (Lipinski definition) is 1. The summed E-state index contributed by atoms with van der Waals surface area (Å²) < 4.78 is 15.7. The standard InChI is InChI=1S/C11H9ClN2O3/c12-10-6(7-5-9(13)17-14-7)1-2-8-11(10)16-4-3-15-8/h1-2,5H,3-4,13H2. The van der Waals surface area contributed by atoms with Gasteiger partial charge in [-0.15, -0.1) is 0 Å². The molecule has 2 aromatic rings. The third-order valence-corrected chi connectivity index (χ3v) is 2.83. The zero-order valence-electron chi connectivity index (χ0n) is 8.77. The summed E-state index contributed by atoms with van der Waals surface area (Å²) in [5, 5.41) is 4.27. The van der Waals surface area contributed by atoms with E-state index < -0.39 is 0 Å². The number of benzene rings is 1. The highest BCUT2D eigenvalue weighted by Gasteiger charge is 2.20. The van der Waals surface area contributed by atoms with Crippen LogP contribution in [-0.4, -0.2) is 18.4 Å². The van der Waals surface area contributed by atoms with E-state index in [1.807, 2.05) is 0 Å². The molecule has 88 valence electrons. The number of fused-ring (bicyclic) bond motifs is 1. The third kappa shape index (κ3) is 1.68. The lowest BCUT2D eigenvalue weighted by Gasteiger charge is -2.20. The Labute approximate surface area is 102 Å². The molecule has 0 saturated carbocycles. The minimum atomic E-state index is 0.242. The zero-order valence-corrected chi connectivity index (χ0v) is 9.53. The lowest BCUT2D eigenvalue weighted by molar-refractivity contribution is 0.172. The lowest BCUT2D eigenvalue weighted by Crippen LogP contribution is -2.15. The van der Waals surface area contributed by atoms with E-state index in [1.54, 1.807) is 18.2 Å². The maximum Gasteiger partial charge on any atom is 0.222 e. The fourth-order valence-corrected chi connectivity index (χ4v) is 2.00. The number of nitrogens with two attached hydrogens (primary N) is 1. The monoisotopic (exact) mass is 252 g/mol. The van der Waals surface area contributed by atoms with Crippen LogP contribution in [0.15, 0.2) is 22.7 Å². The average molecular weight is 253 g/mol. The van der Waals surface area contributed by atoms with Gasteiger partial charge in [-0.25, -0.2) is 0 Å². The molecular formula is C11H9ClN2O3. The Morgan fingerprint density at radius 3 is 2.82 bits per heavy atom. The van der Waals surface area contributed by atoms with Crippen molar-refractivity contribution in [2.45, 2.75) is 0 Å². The van der Waals surface area contributed by atoms with Crippen molar-refractivity contribution in [1.29, 1.82) is 0 Å². The highest BCUT2D eigenvalue weighted by atomic mass is 35.5. The molecule has 17 heavy (non-hydrogen) atoms. The number of nitrogen functional groups attached to an aromatic ring is 1. The molecule has 3 rings (SSSR count). The van der Waals surface area contributed by atoms with Gasteiger partial charge in [0.2, 0.25) is 5.88 Å². The summed E-state index contributed by atoms with van der Waals surface area (Å²) in [7, 11) is 0. The van der Waals surface area contributed by atoms with Gasteiger partial charge in [0.05, 0.1) is 5.02 Å². The second-order valence-electron chi connectivity index (χ2n) is 3.57. The van der Waals surface area contributed by atoms with Crippen LogP contribution in [0.1, 0.15) is 0 Å². The topological polar surface area (TPSA) is 70.5 Å². The first-order valence-electron chi connectivity index (χ1n) is 5.06. The zero-order chi connectivity index (χ0) is 11.8. The Morgan fingerprint density at radius 2 is 2.06 bits per heavy atom. The smallest absolute Gasteiger partial charge is 0.222 e. The molecule has 0 saturated heterocycles. The van der Waals surface area contributed by atoms with E-state index in [-0.39, 0.29) is 5.88 Å². The van der Waals surface area contributed by atoms with E-state index in [1.165, 1.54) is 0 Å². The summed E-state index contributed by atoms with van der Waals surface area (Å²) in [6.07, 6.45) is 0. The molecule has 0 atom stereocenters. The minimum absolute atomic E-state index is 0.242. The van der Waals surface area contributed by atoms with Gasteiger partial charge in [0.1, 0.15) is 18.9 Å². The molecular weight excluding hydrogens is 244 g/mol. The fraction of sp³-hybridized carbons (Fsp3) is 0.182. The van der Waals surface area contributed by atoms with E-state index in [0.717, 1.165) is 0 Å². The molecule has 5 nitrogen and oxygen atoms in total. The largest absolute Gasteiger partial charge is 0.486 e. The van der Waals surface area contributed by atoms with E-state index in [0.29, 0.717) is 41.0 Å².